The van der Waals surface area contributed by atoms with Gasteiger partial charge >= 0.3 is 0 Å². The highest BCUT2D eigenvalue weighted by atomic mass is 13.7. The summed E-state index contributed by atoms with van der Waals surface area (Å²) in [6.45, 7) is 57.5. The summed E-state index contributed by atoms with van der Waals surface area (Å²) >= 11 is 0. The molecular formula is C94H156. The van der Waals surface area contributed by atoms with Crippen LogP contribution in [-0.2, 0) is 0 Å². The first-order valence-electron chi connectivity index (χ1n) is 36.5. The lowest BCUT2D eigenvalue weighted by molar-refractivity contribution is 1.09. The van der Waals surface area contributed by atoms with E-state index in [2.05, 4.69) is 83.1 Å². The van der Waals surface area contributed by atoms with Crippen LogP contribution in [0.4, 0.5) is 0 Å². The molecule has 0 heteroatoms. The van der Waals surface area contributed by atoms with Crippen LogP contribution in [0.5, 0.6) is 0 Å². The summed E-state index contributed by atoms with van der Waals surface area (Å²) in [7, 11) is 0. The van der Waals surface area contributed by atoms with Crippen LogP contribution >= 0.6 is 0 Å². The van der Waals surface area contributed by atoms with Gasteiger partial charge in [-0.1, -0.05) is 596 Å². The molecule has 10 rings (SSSR count). The Kier molecular flexibility index (Phi) is 228. The second-order valence-electron chi connectivity index (χ2n) is 15.8. The van der Waals surface area contributed by atoms with Gasteiger partial charge in [-0.05, 0) is 0 Å². The smallest absolute Gasteiger partial charge is 0.0590 e. The van der Waals surface area contributed by atoms with Crippen LogP contribution in [0, 0.1) is 0 Å². The molecule has 0 bridgehead atoms. The lowest BCUT2D eigenvalue weighted by atomic mass is 10.4. The highest BCUT2D eigenvalue weighted by Crippen LogP contribution is 1.85. The minimum atomic E-state index is 1.25. The fourth-order valence-corrected chi connectivity index (χ4v) is 3.85. The fraction of sp³-hybridized carbons (Fsp3) is 0.362. The van der Waals surface area contributed by atoms with Crippen molar-refractivity contribution in [2.75, 3.05) is 0 Å². The molecule has 0 aliphatic carbocycles. The molecule has 0 fully saturated rings. The van der Waals surface area contributed by atoms with E-state index in [0.717, 1.165) is 0 Å². The molecule has 0 unspecified atom stereocenters. The number of benzene rings is 10. The molecule has 0 saturated carbocycles. The van der Waals surface area contributed by atoms with Crippen LogP contribution in [0.3, 0.4) is 0 Å². The van der Waals surface area contributed by atoms with Gasteiger partial charge in [0, 0.05) is 0 Å². The highest BCUT2D eigenvalue weighted by molar-refractivity contribution is 5.04. The SMILES string of the molecule is CC.CC.CC.CC.CC.CC.CC.CC.CCC.CCC.CCC.CCC.CCC.CCC.c1ccccc1.c1ccccc1.c1ccccc1.c1ccccc1.c1ccccc1.c1ccccc1.c1ccccc1.c1ccccc1.c1ccccc1.c1ccccc1. The minimum Gasteiger partial charge on any atom is -0.0683 e. The van der Waals surface area contributed by atoms with Crippen molar-refractivity contribution in [2.24, 2.45) is 0 Å². The van der Waals surface area contributed by atoms with E-state index in [9.17, 15) is 0 Å². The molecule has 94 heavy (non-hydrogen) atoms. The van der Waals surface area contributed by atoms with Gasteiger partial charge in [0.25, 0.3) is 0 Å². The topological polar surface area (TPSA) is 0 Å². The second kappa shape index (κ2) is 178. The van der Waals surface area contributed by atoms with Crippen molar-refractivity contribution in [3.05, 3.63) is 364 Å². The van der Waals surface area contributed by atoms with Gasteiger partial charge in [0.2, 0.25) is 0 Å². The summed E-state index contributed by atoms with van der Waals surface area (Å²) in [6, 6.07) is 120. The molecule has 0 aromatic heterocycles. The molecule has 0 radical (unpaired) electrons. The standard InChI is InChI=1S/10C6H6.6C3H8.8C2H6/c10*1-2-4-6-5-3-1;6*1-3-2;8*1-2/h10*1-6H;6*3H2,1-2H3;8*1-2H3. The zero-order valence-corrected chi connectivity index (χ0v) is 66.9. The van der Waals surface area contributed by atoms with Crippen LogP contribution < -0.4 is 0 Å². The zero-order chi connectivity index (χ0) is 74.7. The largest absolute Gasteiger partial charge is 0.0683 e. The predicted octanol–water partition coefficient (Wildman–Crippen LogP) is 33.6. The van der Waals surface area contributed by atoms with Gasteiger partial charge in [-0.15, -0.1) is 0 Å². The summed E-state index contributed by atoms with van der Waals surface area (Å²) in [6.07, 6.45) is 7.50. The molecule has 0 heterocycles. The molecule has 532 valence electrons. The van der Waals surface area contributed by atoms with Crippen molar-refractivity contribution in [2.45, 2.75) is 232 Å². The average molecular weight is 1290 g/mol. The molecular weight excluding hydrogens is 1130 g/mol. The highest BCUT2D eigenvalue weighted by Gasteiger charge is 1.63. The predicted molar refractivity (Wildman–Crippen MR) is 451 cm³/mol. The normalized spacial score (nSPS) is 6.77. The van der Waals surface area contributed by atoms with Gasteiger partial charge < -0.3 is 0 Å². The maximum absolute atomic E-state index is 2.12. The Balaban J connectivity index is -0.0000000600. The van der Waals surface area contributed by atoms with Crippen LogP contribution in [-0.4, -0.2) is 0 Å². The average Bonchev–Trinajstić information content (AvgIpc) is 3.70. The Labute approximate surface area is 592 Å². The summed E-state index contributed by atoms with van der Waals surface area (Å²) in [5, 5.41) is 0. The summed E-state index contributed by atoms with van der Waals surface area (Å²) in [4.78, 5) is 0. The Morgan fingerprint density at radius 3 is 0.0957 bits per heavy atom. The van der Waals surface area contributed by atoms with E-state index in [1.807, 2.05) is 475 Å². The Morgan fingerprint density at radius 1 is 0.0745 bits per heavy atom. The molecule has 0 atom stereocenters. The zero-order valence-electron chi connectivity index (χ0n) is 66.9. The molecule has 0 spiro atoms. The van der Waals surface area contributed by atoms with Gasteiger partial charge in [-0.2, -0.15) is 0 Å². The molecule has 10 aromatic rings. The maximum Gasteiger partial charge on any atom is -0.0590 e. The van der Waals surface area contributed by atoms with Crippen molar-refractivity contribution in [3.8, 4) is 0 Å². The van der Waals surface area contributed by atoms with Crippen molar-refractivity contribution in [1.29, 1.82) is 0 Å². The molecule has 10 aromatic carbocycles. The van der Waals surface area contributed by atoms with E-state index < -0.39 is 0 Å². The summed E-state index contributed by atoms with van der Waals surface area (Å²) in [5.74, 6) is 0. The monoisotopic (exact) mass is 1290 g/mol. The van der Waals surface area contributed by atoms with E-state index in [-0.39, 0.29) is 0 Å². The quantitative estimate of drug-likeness (QED) is 0.142. The van der Waals surface area contributed by atoms with Gasteiger partial charge in [0.15, 0.2) is 0 Å². The maximum atomic E-state index is 2.12. The van der Waals surface area contributed by atoms with Gasteiger partial charge in [0.05, 0.1) is 0 Å². The fourth-order valence-electron chi connectivity index (χ4n) is 3.85. The third kappa shape index (κ3) is 214. The number of hydrogen-bond acceptors (Lipinski definition) is 0. The van der Waals surface area contributed by atoms with E-state index in [4.69, 9.17) is 0 Å². The summed E-state index contributed by atoms with van der Waals surface area (Å²) < 4.78 is 0. The third-order valence-electron chi connectivity index (χ3n) is 6.67. The molecule has 0 nitrogen and oxygen atoms in total. The molecule has 0 amide bonds. The number of hydrogen-bond donors (Lipinski definition) is 0. The van der Waals surface area contributed by atoms with Gasteiger partial charge in [-0.25, -0.2) is 0 Å². The second-order valence-corrected chi connectivity index (χ2v) is 15.8. The van der Waals surface area contributed by atoms with Gasteiger partial charge in [0.1, 0.15) is 0 Å². The Morgan fingerprint density at radius 2 is 0.0851 bits per heavy atom. The van der Waals surface area contributed by atoms with Crippen LogP contribution in [0.25, 0.3) is 0 Å². The molecule has 0 saturated heterocycles. The van der Waals surface area contributed by atoms with Crippen molar-refractivity contribution in [1.82, 2.24) is 0 Å². The van der Waals surface area contributed by atoms with E-state index in [1.165, 1.54) is 38.5 Å². The van der Waals surface area contributed by atoms with Crippen molar-refractivity contribution < 1.29 is 0 Å². The van der Waals surface area contributed by atoms with Crippen molar-refractivity contribution in [3.63, 3.8) is 0 Å². The minimum absolute atomic E-state index is 1.25. The lowest BCUT2D eigenvalue weighted by Gasteiger charge is -1.69. The van der Waals surface area contributed by atoms with E-state index in [1.54, 1.807) is 0 Å². The first-order valence-corrected chi connectivity index (χ1v) is 36.5. The molecule has 0 aliphatic heterocycles. The van der Waals surface area contributed by atoms with Crippen LogP contribution in [0.15, 0.2) is 364 Å². The van der Waals surface area contributed by atoms with Crippen LogP contribution in [0.1, 0.15) is 232 Å². The van der Waals surface area contributed by atoms with E-state index in [0.29, 0.717) is 0 Å². The van der Waals surface area contributed by atoms with Gasteiger partial charge in [-0.3, -0.25) is 0 Å². The Bertz CT molecular complexity index is 1330. The van der Waals surface area contributed by atoms with E-state index >= 15 is 0 Å². The van der Waals surface area contributed by atoms with Crippen LogP contribution in [0.2, 0.25) is 0 Å². The lowest BCUT2D eigenvalue weighted by Crippen LogP contribution is -1.47. The Hall–Kier alpha value is -7.80. The molecule has 0 N–H and O–H groups in total. The van der Waals surface area contributed by atoms with Crippen molar-refractivity contribution >= 4 is 0 Å². The summed E-state index contributed by atoms with van der Waals surface area (Å²) in [5.41, 5.74) is 0. The first kappa shape index (κ1) is 120. The molecule has 0 aliphatic rings. The first-order chi connectivity index (χ1) is 46.5. The number of rotatable bonds is 0. The third-order valence-corrected chi connectivity index (χ3v) is 6.67.